The van der Waals surface area contributed by atoms with Gasteiger partial charge in [0.25, 0.3) is 5.91 Å². The first kappa shape index (κ1) is 32.9. The van der Waals surface area contributed by atoms with Crippen molar-refractivity contribution in [2.24, 2.45) is 0 Å². The zero-order chi connectivity index (χ0) is 32.7. The molecule has 45 heavy (non-hydrogen) atoms. The SMILES string of the molecule is CCC(CC)(c1ccc(Nc2ncc(C(F)(F)F)c(Nc3ccc(C4CCN(C)CC4)c4c3C(=O)N(C)C4)n2)cc1)P(=O)(O)O. The van der Waals surface area contributed by atoms with E-state index in [0.29, 0.717) is 29.6 Å². The number of benzene rings is 2. The number of rotatable bonds is 9. The first-order valence-electron chi connectivity index (χ1n) is 14.9. The van der Waals surface area contributed by atoms with Gasteiger partial charge in [0, 0.05) is 25.5 Å². The summed E-state index contributed by atoms with van der Waals surface area (Å²) >= 11 is 0. The maximum atomic E-state index is 14.1. The largest absolute Gasteiger partial charge is 0.421 e. The lowest BCUT2D eigenvalue weighted by Gasteiger charge is -2.33. The Bertz CT molecular complexity index is 1620. The molecule has 1 amide bonds. The van der Waals surface area contributed by atoms with Gasteiger partial charge >= 0.3 is 13.8 Å². The molecular weight excluding hydrogens is 608 g/mol. The predicted octanol–water partition coefficient (Wildman–Crippen LogP) is 6.57. The normalized spacial score (nSPS) is 16.6. The van der Waals surface area contributed by atoms with E-state index in [9.17, 15) is 32.3 Å². The van der Waals surface area contributed by atoms with Crippen molar-refractivity contribution in [3.8, 4) is 0 Å². The van der Waals surface area contributed by atoms with Gasteiger partial charge in [-0.25, -0.2) is 4.98 Å². The standard InChI is InChI=1S/C31H38F3N6O4P/c1-5-30(6-2,45(42,43)44)20-7-9-21(10-8-20)36-29-35-17-24(31(32,33)34)27(38-29)37-25-12-11-22(19-13-15-39(3)16-14-19)23-18-40(4)28(41)26(23)25/h7-12,17,19H,5-6,13-16,18H2,1-4H3,(H2,42,43,44)(H2,35,36,37,38). The number of fused-ring (bicyclic) bond motifs is 1. The summed E-state index contributed by atoms with van der Waals surface area (Å²) in [5.41, 5.74) is 2.25. The molecule has 0 aliphatic carbocycles. The fourth-order valence-electron chi connectivity index (χ4n) is 6.49. The fraction of sp³-hybridized carbons (Fsp3) is 0.452. The molecular formula is C31H38F3N6O4P. The topological polar surface area (TPSA) is 131 Å². The molecule has 2 aliphatic heterocycles. The third-order valence-corrected chi connectivity index (χ3v) is 11.2. The monoisotopic (exact) mass is 646 g/mol. The Morgan fingerprint density at radius 3 is 2.22 bits per heavy atom. The van der Waals surface area contributed by atoms with Gasteiger partial charge in [-0.2, -0.15) is 18.2 Å². The van der Waals surface area contributed by atoms with Crippen LogP contribution in [-0.2, 0) is 22.4 Å². The second-order valence-corrected chi connectivity index (χ2v) is 13.8. The van der Waals surface area contributed by atoms with Crippen LogP contribution in [0.25, 0.3) is 0 Å². The van der Waals surface area contributed by atoms with Gasteiger partial charge in [-0.3, -0.25) is 9.36 Å². The average Bonchev–Trinajstić information content (AvgIpc) is 3.28. The molecule has 1 fully saturated rings. The van der Waals surface area contributed by atoms with Gasteiger partial charge < -0.3 is 30.2 Å². The number of anilines is 4. The number of hydrogen-bond acceptors (Lipinski definition) is 7. The number of carbonyl (C=O) groups excluding carboxylic acids is 1. The molecule has 2 aromatic carbocycles. The minimum absolute atomic E-state index is 0.131. The molecule has 3 aromatic rings. The summed E-state index contributed by atoms with van der Waals surface area (Å²) in [6.45, 7) is 5.66. The fourth-order valence-corrected chi connectivity index (χ4v) is 7.80. The van der Waals surface area contributed by atoms with Crippen molar-refractivity contribution < 1.29 is 32.3 Å². The third-order valence-electron chi connectivity index (χ3n) is 9.22. The van der Waals surface area contributed by atoms with Crippen LogP contribution in [0.15, 0.2) is 42.6 Å². The molecule has 14 heteroatoms. The number of nitrogens with one attached hydrogen (secondary N) is 2. The molecule has 0 bridgehead atoms. The molecule has 0 radical (unpaired) electrons. The first-order valence-corrected chi connectivity index (χ1v) is 16.5. The molecule has 1 aromatic heterocycles. The van der Waals surface area contributed by atoms with Crippen molar-refractivity contribution in [3.63, 3.8) is 0 Å². The van der Waals surface area contributed by atoms with Crippen LogP contribution in [0.2, 0.25) is 0 Å². The van der Waals surface area contributed by atoms with Gasteiger partial charge in [0.2, 0.25) is 5.95 Å². The van der Waals surface area contributed by atoms with Crippen LogP contribution in [0.5, 0.6) is 0 Å². The Labute approximate surface area is 260 Å². The lowest BCUT2D eigenvalue weighted by Crippen LogP contribution is -2.29. The Balaban J connectivity index is 1.47. The maximum absolute atomic E-state index is 14.1. The van der Waals surface area contributed by atoms with Crippen LogP contribution in [0.1, 0.15) is 78.1 Å². The first-order chi connectivity index (χ1) is 21.2. The Hall–Kier alpha value is -3.51. The highest BCUT2D eigenvalue weighted by molar-refractivity contribution is 7.53. The Morgan fingerprint density at radius 1 is 1.00 bits per heavy atom. The molecule has 0 unspecified atom stereocenters. The number of halogens is 3. The van der Waals surface area contributed by atoms with Crippen LogP contribution in [-0.4, -0.2) is 62.6 Å². The zero-order valence-electron chi connectivity index (χ0n) is 25.6. The van der Waals surface area contributed by atoms with Crippen molar-refractivity contribution in [3.05, 3.63) is 70.4 Å². The van der Waals surface area contributed by atoms with Crippen LogP contribution >= 0.6 is 7.60 Å². The second-order valence-electron chi connectivity index (χ2n) is 11.9. The van der Waals surface area contributed by atoms with Crippen LogP contribution in [0, 0.1) is 0 Å². The maximum Gasteiger partial charge on any atom is 0.421 e. The number of piperidine rings is 1. The number of alkyl halides is 3. The number of likely N-dealkylation sites (tertiary alicyclic amines) is 1. The van der Waals surface area contributed by atoms with Crippen LogP contribution in [0.4, 0.5) is 36.3 Å². The van der Waals surface area contributed by atoms with E-state index in [0.717, 1.165) is 37.1 Å². The molecule has 0 atom stereocenters. The van der Waals surface area contributed by atoms with Gasteiger partial charge in [0.1, 0.15) is 11.4 Å². The lowest BCUT2D eigenvalue weighted by molar-refractivity contribution is -0.137. The van der Waals surface area contributed by atoms with Gasteiger partial charge in [-0.15, -0.1) is 0 Å². The van der Waals surface area contributed by atoms with E-state index in [2.05, 4.69) is 32.5 Å². The molecule has 2 aliphatic rings. The number of hydrogen-bond donors (Lipinski definition) is 4. The smallest absolute Gasteiger partial charge is 0.339 e. The zero-order valence-corrected chi connectivity index (χ0v) is 26.5. The highest BCUT2D eigenvalue weighted by Gasteiger charge is 2.45. The Morgan fingerprint density at radius 2 is 1.64 bits per heavy atom. The summed E-state index contributed by atoms with van der Waals surface area (Å²) in [4.78, 5) is 45.2. The molecule has 4 N–H and O–H groups in total. The van der Waals surface area contributed by atoms with E-state index in [4.69, 9.17) is 0 Å². The van der Waals surface area contributed by atoms with Gasteiger partial charge in [-0.05, 0) is 86.6 Å². The van der Waals surface area contributed by atoms with E-state index in [1.165, 1.54) is 0 Å². The average molecular weight is 647 g/mol. The van der Waals surface area contributed by atoms with Crippen molar-refractivity contribution >= 4 is 36.6 Å². The van der Waals surface area contributed by atoms with Crippen molar-refractivity contribution in [2.75, 3.05) is 37.8 Å². The van der Waals surface area contributed by atoms with Crippen molar-refractivity contribution in [2.45, 2.75) is 63.3 Å². The molecule has 3 heterocycles. The van der Waals surface area contributed by atoms with E-state index in [-0.39, 0.29) is 36.3 Å². The van der Waals surface area contributed by atoms with Crippen LogP contribution in [0.3, 0.4) is 0 Å². The molecule has 5 rings (SSSR count). The summed E-state index contributed by atoms with van der Waals surface area (Å²) < 4.78 is 54.6. The molecule has 0 saturated carbocycles. The van der Waals surface area contributed by atoms with E-state index in [1.54, 1.807) is 56.1 Å². The number of aromatic nitrogens is 2. The highest BCUT2D eigenvalue weighted by atomic mass is 31.2. The van der Waals surface area contributed by atoms with Gasteiger partial charge in [-0.1, -0.05) is 32.0 Å². The minimum Gasteiger partial charge on any atom is -0.339 e. The van der Waals surface area contributed by atoms with Crippen molar-refractivity contribution in [1.29, 1.82) is 0 Å². The quantitative estimate of drug-likeness (QED) is 0.191. The van der Waals surface area contributed by atoms with E-state index in [1.807, 2.05) is 6.07 Å². The summed E-state index contributed by atoms with van der Waals surface area (Å²) in [5.74, 6) is -0.648. The molecule has 242 valence electrons. The molecule has 1 saturated heterocycles. The van der Waals surface area contributed by atoms with Crippen molar-refractivity contribution in [1.82, 2.24) is 19.8 Å². The van der Waals surface area contributed by atoms with Gasteiger partial charge in [0.05, 0.1) is 16.4 Å². The summed E-state index contributed by atoms with van der Waals surface area (Å²) in [5, 5.41) is 4.34. The summed E-state index contributed by atoms with van der Waals surface area (Å²) in [6, 6.07) is 9.87. The van der Waals surface area contributed by atoms with E-state index >= 15 is 0 Å². The highest BCUT2D eigenvalue weighted by Crippen LogP contribution is 2.61. The number of nitrogens with zero attached hydrogens (tertiary/aromatic N) is 4. The summed E-state index contributed by atoms with van der Waals surface area (Å²) in [6.07, 6.45) is -1.78. The Kier molecular flexibility index (Phi) is 9.02. The van der Waals surface area contributed by atoms with Gasteiger partial charge in [0.15, 0.2) is 0 Å². The predicted molar refractivity (Wildman–Crippen MR) is 166 cm³/mol. The third kappa shape index (κ3) is 6.31. The number of carbonyl (C=O) groups is 1. The second kappa shape index (κ2) is 12.4. The number of amides is 1. The minimum atomic E-state index is -4.77. The lowest BCUT2D eigenvalue weighted by atomic mass is 9.85. The van der Waals surface area contributed by atoms with E-state index < -0.39 is 30.3 Å². The summed E-state index contributed by atoms with van der Waals surface area (Å²) in [7, 11) is -0.746. The van der Waals surface area contributed by atoms with Crippen LogP contribution < -0.4 is 10.6 Å². The molecule has 0 spiro atoms. The molecule has 10 nitrogen and oxygen atoms in total.